The number of hydrogen-bond donors (Lipinski definition) is 1. The number of hydrogen-bond acceptors (Lipinski definition) is 5. The van der Waals surface area contributed by atoms with Gasteiger partial charge in [-0.15, -0.1) is 0 Å². The molecule has 118 valence electrons. The van der Waals surface area contributed by atoms with Gasteiger partial charge in [-0.1, -0.05) is 0 Å². The Balaban J connectivity index is 2.40. The number of piperidine rings is 1. The fraction of sp³-hybridized carbons (Fsp3) is 0.917. The van der Waals surface area contributed by atoms with Crippen molar-refractivity contribution in [3.05, 3.63) is 0 Å². The van der Waals surface area contributed by atoms with Gasteiger partial charge in [0.05, 0.1) is 26.2 Å². The van der Waals surface area contributed by atoms with E-state index in [1.807, 2.05) is 0 Å². The van der Waals surface area contributed by atoms with Crippen molar-refractivity contribution in [2.24, 2.45) is 0 Å². The van der Waals surface area contributed by atoms with Crippen LogP contribution in [-0.2, 0) is 24.1 Å². The topological polar surface area (TPSA) is 89.9 Å². The van der Waals surface area contributed by atoms with Gasteiger partial charge in [0.1, 0.15) is 13.2 Å². The summed E-state index contributed by atoms with van der Waals surface area (Å²) in [5.41, 5.74) is 0. The summed E-state index contributed by atoms with van der Waals surface area (Å²) in [6.45, 7) is 5.27. The highest BCUT2D eigenvalue weighted by Crippen LogP contribution is 2.19. The monoisotopic (exact) mass is 310 g/mol. The molecule has 0 bridgehead atoms. The van der Waals surface area contributed by atoms with Crippen LogP contribution in [0.3, 0.4) is 0 Å². The molecule has 1 fully saturated rings. The summed E-state index contributed by atoms with van der Waals surface area (Å²) >= 11 is 0. The molecule has 1 rings (SSSR count). The highest BCUT2D eigenvalue weighted by molar-refractivity contribution is 7.80. The molecule has 0 unspecified atom stereocenters. The van der Waals surface area contributed by atoms with Crippen molar-refractivity contribution < 1.29 is 31.2 Å². The van der Waals surface area contributed by atoms with Gasteiger partial charge >= 0.3 is 16.4 Å². The fourth-order valence-electron chi connectivity index (χ4n) is 2.69. The molecule has 0 aromatic carbocycles. The molecule has 0 aromatic rings. The molecule has 1 N–H and O–H groups in total. The zero-order valence-electron chi connectivity index (χ0n) is 11.9. The minimum atomic E-state index is -4.35. The Hall–Kier alpha value is -0.700. The molecule has 0 saturated carbocycles. The standard InChI is InChI=1S/C12H23NO6S/c1-12(14)18-11-9-13(6-3-2-4-7-13)8-5-10-19-20(15,16)17/h2-11H2,1H3/p+1. The highest BCUT2D eigenvalue weighted by atomic mass is 32.3. The summed E-state index contributed by atoms with van der Waals surface area (Å²) in [5, 5.41) is 0. The SMILES string of the molecule is CC(=O)OCC[N+]1(CCCOS(=O)(=O)O)CCCCC1. The molecular formula is C12H24NO6S+. The maximum absolute atomic E-state index is 10.8. The molecule has 1 heterocycles. The van der Waals surface area contributed by atoms with E-state index in [1.54, 1.807) is 0 Å². The van der Waals surface area contributed by atoms with Crippen molar-refractivity contribution in [1.29, 1.82) is 0 Å². The summed E-state index contributed by atoms with van der Waals surface area (Å²) < 4.78 is 39.6. The molecule has 8 heteroatoms. The molecule has 7 nitrogen and oxygen atoms in total. The predicted octanol–water partition coefficient (Wildman–Crippen LogP) is 0.760. The zero-order valence-corrected chi connectivity index (χ0v) is 12.7. The van der Waals surface area contributed by atoms with Crippen LogP contribution in [0.5, 0.6) is 0 Å². The normalized spacial score (nSPS) is 18.7. The average Bonchev–Trinajstić information content (AvgIpc) is 2.34. The molecule has 1 aliphatic heterocycles. The number of ether oxygens (including phenoxy) is 1. The maximum Gasteiger partial charge on any atom is 0.397 e. The number of esters is 1. The Kier molecular flexibility index (Phi) is 6.87. The molecule has 0 atom stereocenters. The first-order valence-corrected chi connectivity index (χ1v) is 8.30. The number of nitrogens with zero attached hydrogens (tertiary/aromatic N) is 1. The molecule has 0 aromatic heterocycles. The summed E-state index contributed by atoms with van der Waals surface area (Å²) in [6, 6.07) is 0. The van der Waals surface area contributed by atoms with Gasteiger partial charge in [-0.3, -0.25) is 9.35 Å². The van der Waals surface area contributed by atoms with Crippen LogP contribution in [0.1, 0.15) is 32.6 Å². The van der Waals surface area contributed by atoms with E-state index in [0.717, 1.165) is 43.5 Å². The van der Waals surface area contributed by atoms with Gasteiger partial charge in [-0.2, -0.15) is 8.42 Å². The molecule has 20 heavy (non-hydrogen) atoms. The van der Waals surface area contributed by atoms with Crippen LogP contribution < -0.4 is 0 Å². The third kappa shape index (κ3) is 7.18. The average molecular weight is 310 g/mol. The maximum atomic E-state index is 10.8. The minimum Gasteiger partial charge on any atom is -0.460 e. The van der Waals surface area contributed by atoms with Gasteiger partial charge < -0.3 is 9.22 Å². The second-order valence-corrected chi connectivity index (χ2v) is 6.33. The Bertz CT molecular complexity index is 402. The van der Waals surface area contributed by atoms with Crippen molar-refractivity contribution in [2.75, 3.05) is 39.4 Å². The van der Waals surface area contributed by atoms with E-state index < -0.39 is 10.4 Å². The van der Waals surface area contributed by atoms with E-state index in [0.29, 0.717) is 13.0 Å². The van der Waals surface area contributed by atoms with E-state index in [4.69, 9.17) is 9.29 Å². The molecule has 0 spiro atoms. The van der Waals surface area contributed by atoms with Gasteiger partial charge in [-0.25, -0.2) is 4.18 Å². The third-order valence-electron chi connectivity index (χ3n) is 3.64. The van der Waals surface area contributed by atoms with Crippen LogP contribution in [0.2, 0.25) is 0 Å². The summed E-state index contributed by atoms with van der Waals surface area (Å²) in [4.78, 5) is 10.8. The first kappa shape index (κ1) is 17.4. The van der Waals surface area contributed by atoms with E-state index in [9.17, 15) is 13.2 Å². The van der Waals surface area contributed by atoms with Gasteiger partial charge in [-0.05, 0) is 19.3 Å². The highest BCUT2D eigenvalue weighted by Gasteiger charge is 2.29. The van der Waals surface area contributed by atoms with Crippen LogP contribution in [0.25, 0.3) is 0 Å². The van der Waals surface area contributed by atoms with Crippen molar-refractivity contribution in [3.8, 4) is 0 Å². The van der Waals surface area contributed by atoms with Crippen LogP contribution in [0, 0.1) is 0 Å². The van der Waals surface area contributed by atoms with E-state index >= 15 is 0 Å². The number of carbonyl (C=O) groups is 1. The van der Waals surface area contributed by atoms with Crippen molar-refractivity contribution in [2.45, 2.75) is 32.6 Å². The summed E-state index contributed by atoms with van der Waals surface area (Å²) in [5.74, 6) is -0.283. The lowest BCUT2D eigenvalue weighted by Gasteiger charge is -2.41. The lowest BCUT2D eigenvalue weighted by molar-refractivity contribution is -0.932. The van der Waals surface area contributed by atoms with Gasteiger partial charge in [0, 0.05) is 13.3 Å². The van der Waals surface area contributed by atoms with E-state index in [-0.39, 0.29) is 12.6 Å². The number of quaternary nitrogens is 1. The molecule has 1 aliphatic rings. The molecule has 0 aliphatic carbocycles. The van der Waals surface area contributed by atoms with Crippen LogP contribution in [0.4, 0.5) is 0 Å². The van der Waals surface area contributed by atoms with E-state index in [1.165, 1.54) is 13.3 Å². The Morgan fingerprint density at radius 2 is 1.80 bits per heavy atom. The van der Waals surface area contributed by atoms with Gasteiger partial charge in [0.2, 0.25) is 0 Å². The third-order valence-corrected chi connectivity index (χ3v) is 4.11. The fourth-order valence-corrected chi connectivity index (χ4v) is 3.02. The Labute approximate surface area is 120 Å². The van der Waals surface area contributed by atoms with Crippen LogP contribution in [-0.4, -0.2) is 62.8 Å². The van der Waals surface area contributed by atoms with Crippen LogP contribution in [0.15, 0.2) is 0 Å². The smallest absolute Gasteiger partial charge is 0.397 e. The van der Waals surface area contributed by atoms with Crippen LogP contribution >= 0.6 is 0 Å². The molecule has 0 amide bonds. The largest absolute Gasteiger partial charge is 0.460 e. The van der Waals surface area contributed by atoms with Gasteiger partial charge in [0.15, 0.2) is 0 Å². The van der Waals surface area contributed by atoms with Crippen molar-refractivity contribution in [1.82, 2.24) is 0 Å². The lowest BCUT2D eigenvalue weighted by Crippen LogP contribution is -2.54. The first-order valence-electron chi connectivity index (χ1n) is 6.93. The Morgan fingerprint density at radius 1 is 1.15 bits per heavy atom. The molecule has 1 saturated heterocycles. The molecular weight excluding hydrogens is 286 g/mol. The predicted molar refractivity (Wildman–Crippen MR) is 72.3 cm³/mol. The second-order valence-electron chi connectivity index (χ2n) is 5.24. The summed E-state index contributed by atoms with van der Waals surface area (Å²) in [7, 11) is -4.35. The molecule has 0 radical (unpaired) electrons. The number of rotatable bonds is 8. The van der Waals surface area contributed by atoms with Crippen molar-refractivity contribution in [3.63, 3.8) is 0 Å². The lowest BCUT2D eigenvalue weighted by atomic mass is 10.1. The first-order chi connectivity index (χ1) is 9.33. The second kappa shape index (κ2) is 7.92. The quantitative estimate of drug-likeness (QED) is 0.308. The van der Waals surface area contributed by atoms with Crippen molar-refractivity contribution >= 4 is 16.4 Å². The number of likely N-dealkylation sites (tertiary alicyclic amines) is 1. The zero-order chi connectivity index (χ0) is 15.1. The number of carbonyl (C=O) groups excluding carboxylic acids is 1. The van der Waals surface area contributed by atoms with E-state index in [2.05, 4.69) is 4.18 Å². The van der Waals surface area contributed by atoms with Gasteiger partial charge in [0.25, 0.3) is 0 Å². The Morgan fingerprint density at radius 3 is 2.35 bits per heavy atom. The minimum absolute atomic E-state index is 0.0214. The summed E-state index contributed by atoms with van der Waals surface area (Å²) in [6.07, 6.45) is 3.99.